The van der Waals surface area contributed by atoms with Gasteiger partial charge < -0.3 is 14.2 Å². The molecule has 1 aliphatic heterocycles. The van der Waals surface area contributed by atoms with Crippen LogP contribution in [0, 0.1) is 12.1 Å². The van der Waals surface area contributed by atoms with Crippen LogP contribution in [0.4, 0.5) is 5.69 Å². The number of rotatable bonds is 7. The van der Waals surface area contributed by atoms with Gasteiger partial charge in [-0.25, -0.2) is 6.07 Å². The number of likely N-dealkylation sites (N-methyl/N-ethyl adjacent to an activating group) is 1. The Morgan fingerprint density at radius 3 is 2.16 bits per heavy atom. The Morgan fingerprint density at radius 1 is 0.919 bits per heavy atom. The molecule has 0 radical (unpaired) electrons. The average molecular weight is 675 g/mol. The number of ether oxygens (including phenoxy) is 1. The number of nitrogens with zero attached hydrogens (tertiary/aromatic N) is 4. The summed E-state index contributed by atoms with van der Waals surface area (Å²) in [7, 11) is 0. The van der Waals surface area contributed by atoms with E-state index in [-0.39, 0.29) is 21.1 Å². The fourth-order valence-electron chi connectivity index (χ4n) is 4.49. The van der Waals surface area contributed by atoms with Gasteiger partial charge in [0.2, 0.25) is 0 Å². The van der Waals surface area contributed by atoms with Crippen molar-refractivity contribution in [2.45, 2.75) is 39.5 Å². The quantitative estimate of drug-likeness (QED) is 0.165. The maximum atomic E-state index is 7.60. The van der Waals surface area contributed by atoms with E-state index in [4.69, 9.17) is 8.85 Å². The Balaban J connectivity index is 0.00000370. The summed E-state index contributed by atoms with van der Waals surface area (Å²) in [4.78, 5) is 1.74. The molecule has 0 amide bonds. The molecule has 3 aromatic carbocycles. The van der Waals surface area contributed by atoms with Crippen LogP contribution in [-0.4, -0.2) is 40.8 Å². The largest absolute Gasteiger partial charge is 0.511 e. The predicted molar refractivity (Wildman–Crippen MR) is 145 cm³/mol. The number of hydrogen-bond donors (Lipinski definition) is 0. The van der Waals surface area contributed by atoms with Crippen LogP contribution >= 0.6 is 0 Å². The van der Waals surface area contributed by atoms with E-state index in [1.165, 1.54) is 21.3 Å². The Kier molecular flexibility index (Phi) is 7.13. The average Bonchev–Trinajstić information content (AvgIpc) is 3.59. The van der Waals surface area contributed by atoms with E-state index >= 15 is 0 Å². The van der Waals surface area contributed by atoms with Gasteiger partial charge in [0.05, 0.1) is 23.8 Å². The number of anilines is 1. The first-order chi connectivity index (χ1) is 18.6. The molecular formula is C31H32N4OPt-2. The summed E-state index contributed by atoms with van der Waals surface area (Å²) >= 11 is 0. The molecule has 0 atom stereocenters. The zero-order valence-corrected chi connectivity index (χ0v) is 23.7. The minimum absolute atomic E-state index is 0. The van der Waals surface area contributed by atoms with Crippen LogP contribution in [0.2, 0.25) is 0 Å². The van der Waals surface area contributed by atoms with Crippen molar-refractivity contribution in [2.75, 3.05) is 25.0 Å². The molecule has 1 aliphatic rings. The molecule has 4 aromatic rings. The minimum Gasteiger partial charge on any atom is -0.511 e. The SMILES string of the molecule is [2H]C([2H])([2H])[N+]1=[C-]N(c2[c-]c(Oc3[c-]c(-n4cc(-c5c(C(C)C)cccc5C(C)C)cn4)ccc3)ccc2)CC1.[Pt]. The van der Waals surface area contributed by atoms with Gasteiger partial charge in [0, 0.05) is 38.6 Å². The summed E-state index contributed by atoms with van der Waals surface area (Å²) in [6.07, 6.45) is 6.87. The van der Waals surface area contributed by atoms with Crippen LogP contribution in [0.3, 0.4) is 0 Å². The van der Waals surface area contributed by atoms with Gasteiger partial charge in [-0.1, -0.05) is 45.9 Å². The fraction of sp³-hybridized carbons (Fsp3) is 0.290. The topological polar surface area (TPSA) is 33.3 Å². The van der Waals surface area contributed by atoms with Gasteiger partial charge in [0.1, 0.15) is 12.9 Å². The van der Waals surface area contributed by atoms with Crippen LogP contribution < -0.4 is 9.64 Å². The smallest absolute Gasteiger partial charge is 0.129 e. The zero-order valence-electron chi connectivity index (χ0n) is 24.4. The minimum atomic E-state index is -2.21. The van der Waals surface area contributed by atoms with Gasteiger partial charge in [-0.05, 0) is 40.0 Å². The molecule has 0 saturated carbocycles. The van der Waals surface area contributed by atoms with Crippen LogP contribution in [-0.2, 0) is 21.1 Å². The molecule has 5 nitrogen and oxygen atoms in total. The van der Waals surface area contributed by atoms with Crippen molar-refractivity contribution in [3.8, 4) is 28.3 Å². The maximum absolute atomic E-state index is 7.60. The van der Waals surface area contributed by atoms with Crippen molar-refractivity contribution in [1.29, 1.82) is 0 Å². The van der Waals surface area contributed by atoms with Crippen LogP contribution in [0.1, 0.15) is 54.8 Å². The molecule has 0 spiro atoms. The van der Waals surface area contributed by atoms with Gasteiger partial charge in [0.15, 0.2) is 0 Å². The molecule has 5 rings (SSSR count). The van der Waals surface area contributed by atoms with Crippen LogP contribution in [0.15, 0.2) is 67.0 Å². The van der Waals surface area contributed by atoms with Crippen molar-refractivity contribution in [3.05, 3.63) is 90.3 Å². The summed E-state index contributed by atoms with van der Waals surface area (Å²) in [5.74, 6) is 1.82. The van der Waals surface area contributed by atoms with E-state index in [0.717, 1.165) is 11.3 Å². The van der Waals surface area contributed by atoms with Crippen molar-refractivity contribution < 1.29 is 34.5 Å². The predicted octanol–water partition coefficient (Wildman–Crippen LogP) is 6.54. The molecule has 2 heterocycles. The molecule has 0 fully saturated rings. The summed E-state index contributed by atoms with van der Waals surface area (Å²) in [5, 5.41) is 4.66. The fourth-order valence-corrected chi connectivity index (χ4v) is 4.49. The normalized spacial score (nSPS) is 14.7. The van der Waals surface area contributed by atoms with Gasteiger partial charge in [-0.15, -0.1) is 30.0 Å². The van der Waals surface area contributed by atoms with E-state index in [0.29, 0.717) is 42.1 Å². The molecule has 1 aromatic heterocycles. The molecule has 6 heteroatoms. The van der Waals surface area contributed by atoms with E-state index in [9.17, 15) is 0 Å². The first-order valence-corrected chi connectivity index (χ1v) is 12.3. The van der Waals surface area contributed by atoms with E-state index in [1.807, 2.05) is 53.5 Å². The molecule has 0 bridgehead atoms. The van der Waals surface area contributed by atoms with Crippen molar-refractivity contribution in [2.24, 2.45) is 0 Å². The molecule has 37 heavy (non-hydrogen) atoms. The van der Waals surface area contributed by atoms with Gasteiger partial charge >= 0.3 is 0 Å². The van der Waals surface area contributed by atoms with E-state index in [1.54, 1.807) is 4.90 Å². The monoisotopic (exact) mass is 674 g/mol. The Hall–Kier alpha value is -3.17. The second-order valence-corrected chi connectivity index (χ2v) is 9.60. The molecule has 194 valence electrons. The van der Waals surface area contributed by atoms with Crippen LogP contribution in [0.25, 0.3) is 16.8 Å². The van der Waals surface area contributed by atoms with E-state index < -0.39 is 6.98 Å². The molecule has 0 N–H and O–H groups in total. The van der Waals surface area contributed by atoms with Crippen molar-refractivity contribution >= 4 is 12.0 Å². The standard InChI is InChI=1S/C31H32N4O.Pt/c1-22(2)29-13-8-14-30(23(3)4)31(29)24-19-32-35(20-24)26-10-7-12-28(18-26)36-27-11-6-9-25(17-27)34-16-15-33(5)21-34;/h6-14,19-20,22-23H,15-16H2,1-5H3;/q-2;/i5D3;. The Bertz CT molecular complexity index is 1480. The Labute approximate surface area is 238 Å². The van der Waals surface area contributed by atoms with E-state index in [2.05, 4.69) is 69.5 Å². The molecular weight excluding hydrogens is 639 g/mol. The third-order valence-electron chi connectivity index (χ3n) is 6.30. The molecule has 0 saturated heterocycles. The molecule has 0 aliphatic carbocycles. The van der Waals surface area contributed by atoms with Gasteiger partial charge in [0.25, 0.3) is 0 Å². The number of hydrogen-bond acceptors (Lipinski definition) is 3. The first kappa shape index (κ1) is 23.0. The Morgan fingerprint density at radius 2 is 1.54 bits per heavy atom. The third-order valence-corrected chi connectivity index (χ3v) is 6.30. The number of benzene rings is 3. The molecule has 0 unspecified atom stereocenters. The number of aromatic nitrogens is 2. The summed E-state index contributed by atoms with van der Waals surface area (Å²) in [6, 6.07) is 24.3. The summed E-state index contributed by atoms with van der Waals surface area (Å²) in [6.45, 7) is 7.55. The van der Waals surface area contributed by atoms with Gasteiger partial charge in [-0.3, -0.25) is 4.68 Å². The maximum Gasteiger partial charge on any atom is 0.129 e. The van der Waals surface area contributed by atoms with Crippen molar-refractivity contribution in [3.63, 3.8) is 0 Å². The van der Waals surface area contributed by atoms with Crippen molar-refractivity contribution in [1.82, 2.24) is 9.78 Å². The third kappa shape index (κ3) is 5.88. The van der Waals surface area contributed by atoms with Crippen LogP contribution in [0.5, 0.6) is 11.5 Å². The second-order valence-electron chi connectivity index (χ2n) is 9.60. The zero-order chi connectivity index (χ0) is 27.7. The summed E-state index contributed by atoms with van der Waals surface area (Å²) in [5.41, 5.74) is 6.40. The first-order valence-electron chi connectivity index (χ1n) is 13.8. The summed E-state index contributed by atoms with van der Waals surface area (Å²) < 4.78 is 31.9. The van der Waals surface area contributed by atoms with Gasteiger partial charge in [-0.2, -0.15) is 23.3 Å². The second kappa shape index (κ2) is 11.5.